The Bertz CT molecular complexity index is 383. The summed E-state index contributed by atoms with van der Waals surface area (Å²) in [4.78, 5) is 2.22. The van der Waals surface area contributed by atoms with Gasteiger partial charge in [-0.1, -0.05) is 11.6 Å². The van der Waals surface area contributed by atoms with Crippen molar-refractivity contribution in [2.75, 3.05) is 18.5 Å². The summed E-state index contributed by atoms with van der Waals surface area (Å²) in [6, 6.07) is 6.07. The minimum absolute atomic E-state index is 0.140. The lowest BCUT2D eigenvalue weighted by molar-refractivity contribution is 0.154. The number of halogens is 1. The molecule has 1 heterocycles. The summed E-state index contributed by atoms with van der Waals surface area (Å²) in [6.45, 7) is 2.79. The molecule has 0 radical (unpaired) electrons. The van der Waals surface area contributed by atoms with Crippen LogP contribution in [-0.2, 0) is 0 Å². The van der Waals surface area contributed by atoms with Crippen molar-refractivity contribution < 1.29 is 4.74 Å². The van der Waals surface area contributed by atoms with Gasteiger partial charge in [-0.25, -0.2) is 0 Å². The number of nitrogens with two attached hydrogens (primary N) is 1. The van der Waals surface area contributed by atoms with Gasteiger partial charge in [0, 0.05) is 18.1 Å². The Kier molecular flexibility index (Phi) is 3.26. The number of benzene rings is 1. The summed E-state index contributed by atoms with van der Waals surface area (Å²) in [5.74, 6) is 0.853. The second kappa shape index (κ2) is 4.52. The highest BCUT2D eigenvalue weighted by Crippen LogP contribution is 2.37. The molecule has 2 rings (SSSR count). The fourth-order valence-electron chi connectivity index (χ4n) is 2.07. The van der Waals surface area contributed by atoms with Gasteiger partial charge >= 0.3 is 0 Å². The van der Waals surface area contributed by atoms with Crippen molar-refractivity contribution in [3.63, 3.8) is 0 Å². The van der Waals surface area contributed by atoms with E-state index < -0.39 is 0 Å². The zero-order chi connectivity index (χ0) is 11.7. The van der Waals surface area contributed by atoms with Gasteiger partial charge in [-0.3, -0.25) is 0 Å². The number of rotatable bonds is 2. The van der Waals surface area contributed by atoms with Crippen molar-refractivity contribution >= 4 is 17.3 Å². The molecule has 88 valence electrons. The maximum absolute atomic E-state index is 5.96. The Morgan fingerprint density at radius 1 is 1.50 bits per heavy atom. The summed E-state index contributed by atoms with van der Waals surface area (Å²) in [6.07, 6.45) is 0.998. The van der Waals surface area contributed by atoms with E-state index in [4.69, 9.17) is 22.1 Å². The number of nitrogens with zero attached hydrogens (tertiary/aromatic N) is 1. The predicted octanol–water partition coefficient (Wildman–Crippen LogP) is 2.27. The van der Waals surface area contributed by atoms with Crippen LogP contribution >= 0.6 is 11.6 Å². The van der Waals surface area contributed by atoms with Gasteiger partial charge in [-0.05, 0) is 32.0 Å². The van der Waals surface area contributed by atoms with Crippen LogP contribution in [0.3, 0.4) is 0 Å². The fourth-order valence-corrected chi connectivity index (χ4v) is 2.23. The van der Waals surface area contributed by atoms with E-state index >= 15 is 0 Å². The average molecular weight is 241 g/mol. The van der Waals surface area contributed by atoms with Crippen LogP contribution in [0.2, 0.25) is 5.02 Å². The Hall–Kier alpha value is -0.930. The quantitative estimate of drug-likeness (QED) is 0.862. The summed E-state index contributed by atoms with van der Waals surface area (Å²) in [5, 5.41) is 0.702. The molecule has 3 nitrogen and oxygen atoms in total. The second-order valence-corrected chi connectivity index (χ2v) is 4.63. The molecule has 16 heavy (non-hydrogen) atoms. The standard InChI is InChI=1S/C12H17ClN2O/c1-8-11(5-6-14)16-12-7-9(13)3-4-10(12)15(8)2/h3-4,7-8,11H,5-6,14H2,1-2H3. The molecule has 0 saturated heterocycles. The highest BCUT2D eigenvalue weighted by Gasteiger charge is 2.29. The van der Waals surface area contributed by atoms with Crippen molar-refractivity contribution in [3.05, 3.63) is 23.2 Å². The normalized spacial score (nSPS) is 23.9. The number of hydrogen-bond acceptors (Lipinski definition) is 3. The molecule has 0 spiro atoms. The number of anilines is 1. The van der Waals surface area contributed by atoms with Crippen molar-refractivity contribution in [2.24, 2.45) is 5.73 Å². The molecule has 4 heteroatoms. The van der Waals surface area contributed by atoms with Gasteiger partial charge in [0.1, 0.15) is 11.9 Å². The van der Waals surface area contributed by atoms with Crippen molar-refractivity contribution in [2.45, 2.75) is 25.5 Å². The average Bonchev–Trinajstić information content (AvgIpc) is 2.25. The monoisotopic (exact) mass is 240 g/mol. The molecule has 0 saturated carbocycles. The molecule has 1 aliphatic rings. The lowest BCUT2D eigenvalue weighted by Gasteiger charge is -2.39. The van der Waals surface area contributed by atoms with E-state index in [0.29, 0.717) is 17.6 Å². The van der Waals surface area contributed by atoms with E-state index in [1.165, 1.54) is 0 Å². The maximum Gasteiger partial charge on any atom is 0.144 e. The first-order valence-corrected chi connectivity index (χ1v) is 5.90. The van der Waals surface area contributed by atoms with E-state index in [-0.39, 0.29) is 6.10 Å². The van der Waals surface area contributed by atoms with Crippen LogP contribution < -0.4 is 15.4 Å². The van der Waals surface area contributed by atoms with Crippen LogP contribution in [0.1, 0.15) is 13.3 Å². The molecule has 2 atom stereocenters. The molecule has 1 aromatic carbocycles. The smallest absolute Gasteiger partial charge is 0.144 e. The lowest BCUT2D eigenvalue weighted by Crippen LogP contribution is -2.46. The van der Waals surface area contributed by atoms with E-state index in [9.17, 15) is 0 Å². The van der Waals surface area contributed by atoms with Gasteiger partial charge in [0.2, 0.25) is 0 Å². The third kappa shape index (κ3) is 1.97. The highest BCUT2D eigenvalue weighted by molar-refractivity contribution is 6.30. The van der Waals surface area contributed by atoms with Crippen LogP contribution in [0.15, 0.2) is 18.2 Å². The number of fused-ring (bicyclic) bond motifs is 1. The molecule has 0 fully saturated rings. The van der Waals surface area contributed by atoms with Gasteiger partial charge in [-0.15, -0.1) is 0 Å². The SMILES string of the molecule is CC1C(CCN)Oc2cc(Cl)ccc2N1C. The third-order valence-electron chi connectivity index (χ3n) is 3.18. The predicted molar refractivity (Wildman–Crippen MR) is 67.4 cm³/mol. The summed E-state index contributed by atoms with van der Waals surface area (Å²) < 4.78 is 5.93. The van der Waals surface area contributed by atoms with E-state index in [0.717, 1.165) is 17.9 Å². The molecule has 0 aliphatic carbocycles. The zero-order valence-electron chi connectivity index (χ0n) is 9.61. The van der Waals surface area contributed by atoms with Crippen LogP contribution in [0, 0.1) is 0 Å². The minimum Gasteiger partial charge on any atom is -0.486 e. The molecule has 0 aromatic heterocycles. The Labute approximate surface area is 101 Å². The topological polar surface area (TPSA) is 38.5 Å². The number of likely N-dealkylation sites (N-methyl/N-ethyl adjacent to an activating group) is 1. The van der Waals surface area contributed by atoms with Gasteiger partial charge in [0.15, 0.2) is 0 Å². The molecular weight excluding hydrogens is 224 g/mol. The number of ether oxygens (including phenoxy) is 1. The van der Waals surface area contributed by atoms with E-state index in [1.807, 2.05) is 18.2 Å². The van der Waals surface area contributed by atoms with Crippen LogP contribution in [0.4, 0.5) is 5.69 Å². The molecule has 0 bridgehead atoms. The van der Waals surface area contributed by atoms with Crippen molar-refractivity contribution in [3.8, 4) is 5.75 Å². The Balaban J connectivity index is 2.32. The van der Waals surface area contributed by atoms with E-state index in [2.05, 4.69) is 18.9 Å². The molecule has 0 amide bonds. The minimum atomic E-state index is 0.140. The number of hydrogen-bond donors (Lipinski definition) is 1. The largest absolute Gasteiger partial charge is 0.486 e. The fraction of sp³-hybridized carbons (Fsp3) is 0.500. The molecule has 2 unspecified atom stereocenters. The first-order valence-electron chi connectivity index (χ1n) is 5.52. The third-order valence-corrected chi connectivity index (χ3v) is 3.42. The summed E-state index contributed by atoms with van der Waals surface area (Å²) in [5.41, 5.74) is 6.68. The van der Waals surface area contributed by atoms with Crippen molar-refractivity contribution in [1.82, 2.24) is 0 Å². The Morgan fingerprint density at radius 3 is 2.94 bits per heavy atom. The molecule has 2 N–H and O–H groups in total. The summed E-state index contributed by atoms with van der Waals surface area (Å²) >= 11 is 5.96. The maximum atomic E-state index is 5.96. The second-order valence-electron chi connectivity index (χ2n) is 4.20. The van der Waals surface area contributed by atoms with Crippen molar-refractivity contribution in [1.29, 1.82) is 0 Å². The molecule has 1 aliphatic heterocycles. The molecular formula is C12H17ClN2O. The highest BCUT2D eigenvalue weighted by atomic mass is 35.5. The lowest BCUT2D eigenvalue weighted by atomic mass is 10.0. The van der Waals surface area contributed by atoms with Gasteiger partial charge in [-0.2, -0.15) is 0 Å². The van der Waals surface area contributed by atoms with Gasteiger partial charge < -0.3 is 15.4 Å². The summed E-state index contributed by atoms with van der Waals surface area (Å²) in [7, 11) is 2.07. The van der Waals surface area contributed by atoms with Gasteiger partial charge in [0.05, 0.1) is 11.7 Å². The first kappa shape index (κ1) is 11.6. The first-order chi connectivity index (χ1) is 7.63. The van der Waals surface area contributed by atoms with Gasteiger partial charge in [0.25, 0.3) is 0 Å². The van der Waals surface area contributed by atoms with Crippen LogP contribution in [0.25, 0.3) is 0 Å². The van der Waals surface area contributed by atoms with Crippen LogP contribution in [0.5, 0.6) is 5.75 Å². The Morgan fingerprint density at radius 2 is 2.25 bits per heavy atom. The molecule has 1 aromatic rings. The van der Waals surface area contributed by atoms with E-state index in [1.54, 1.807) is 0 Å². The van der Waals surface area contributed by atoms with Crippen LogP contribution in [-0.4, -0.2) is 25.7 Å². The zero-order valence-corrected chi connectivity index (χ0v) is 10.4.